The quantitative estimate of drug-likeness (QED) is 0.464. The lowest BCUT2D eigenvalue weighted by atomic mass is 9.96. The van der Waals surface area contributed by atoms with E-state index in [-0.39, 0.29) is 0 Å². The molecule has 0 fully saturated rings. The summed E-state index contributed by atoms with van der Waals surface area (Å²) in [6.45, 7) is 2.09. The van der Waals surface area contributed by atoms with Gasteiger partial charge in [-0.3, -0.25) is 0 Å². The van der Waals surface area contributed by atoms with Crippen LogP contribution in [0.3, 0.4) is 0 Å². The van der Waals surface area contributed by atoms with Crippen molar-refractivity contribution in [2.45, 2.75) is 26.2 Å². The number of rotatable bonds is 2. The molecular formula is C29H24O. The lowest BCUT2D eigenvalue weighted by Gasteiger charge is -2.07. The van der Waals surface area contributed by atoms with Gasteiger partial charge in [-0.2, -0.15) is 0 Å². The van der Waals surface area contributed by atoms with Gasteiger partial charge in [-0.1, -0.05) is 47.5 Å². The van der Waals surface area contributed by atoms with Gasteiger partial charge in [0.1, 0.15) is 5.75 Å². The van der Waals surface area contributed by atoms with E-state index in [1.807, 2.05) is 24.3 Å². The van der Waals surface area contributed by atoms with E-state index in [2.05, 4.69) is 79.1 Å². The first-order valence-electron chi connectivity index (χ1n) is 10.3. The zero-order valence-electron chi connectivity index (χ0n) is 17.5. The Hall–Kier alpha value is -3.68. The van der Waals surface area contributed by atoms with E-state index in [9.17, 15) is 0 Å². The van der Waals surface area contributed by atoms with Crippen LogP contribution in [0.15, 0.2) is 72.8 Å². The third-order valence-corrected chi connectivity index (χ3v) is 5.24. The Morgan fingerprint density at radius 2 is 1.37 bits per heavy atom. The number of aryl methyl sites for hydroxylation is 1. The van der Waals surface area contributed by atoms with Crippen molar-refractivity contribution in [3.63, 3.8) is 0 Å². The van der Waals surface area contributed by atoms with Crippen LogP contribution in [0.4, 0.5) is 0 Å². The highest BCUT2D eigenvalue weighted by atomic mass is 16.5. The van der Waals surface area contributed by atoms with Gasteiger partial charge in [-0.05, 0) is 91.9 Å². The van der Waals surface area contributed by atoms with Crippen molar-refractivity contribution in [3.8, 4) is 29.4 Å². The Kier molecular flexibility index (Phi) is 6.03. The van der Waals surface area contributed by atoms with Gasteiger partial charge < -0.3 is 4.74 Å². The van der Waals surface area contributed by atoms with Crippen molar-refractivity contribution in [2.24, 2.45) is 0 Å². The Labute approximate surface area is 179 Å². The lowest BCUT2D eigenvalue weighted by molar-refractivity contribution is 0.415. The van der Waals surface area contributed by atoms with Crippen molar-refractivity contribution in [1.82, 2.24) is 0 Å². The molecule has 1 aliphatic carbocycles. The second kappa shape index (κ2) is 9.21. The maximum absolute atomic E-state index is 5.22. The van der Waals surface area contributed by atoms with Crippen LogP contribution in [0.25, 0.3) is 5.57 Å². The molecule has 0 saturated carbocycles. The molecule has 3 aromatic carbocycles. The van der Waals surface area contributed by atoms with E-state index in [0.717, 1.165) is 40.8 Å². The summed E-state index contributed by atoms with van der Waals surface area (Å²) in [6.07, 6.45) is 5.79. The molecule has 0 spiro atoms. The zero-order valence-corrected chi connectivity index (χ0v) is 17.5. The molecule has 30 heavy (non-hydrogen) atoms. The van der Waals surface area contributed by atoms with Gasteiger partial charge >= 0.3 is 0 Å². The molecule has 0 saturated heterocycles. The largest absolute Gasteiger partial charge is 0.497 e. The highest BCUT2D eigenvalue weighted by molar-refractivity contribution is 5.74. The maximum atomic E-state index is 5.22. The SMILES string of the molecule is COc1ccc(C#Cc2ccc(C#Cc3ccc(C)cc3)cc2C2=CCCC2)cc1. The smallest absolute Gasteiger partial charge is 0.118 e. The Balaban J connectivity index is 1.66. The minimum atomic E-state index is 0.842. The van der Waals surface area contributed by atoms with Crippen LogP contribution in [0.5, 0.6) is 5.75 Å². The summed E-state index contributed by atoms with van der Waals surface area (Å²) < 4.78 is 5.22. The van der Waals surface area contributed by atoms with Crippen LogP contribution in [0.1, 0.15) is 52.6 Å². The van der Waals surface area contributed by atoms with E-state index in [0.29, 0.717) is 0 Å². The maximum Gasteiger partial charge on any atom is 0.118 e. The molecule has 0 radical (unpaired) electrons. The molecule has 0 aromatic heterocycles. The molecule has 3 aromatic rings. The zero-order chi connectivity index (χ0) is 20.8. The molecule has 0 aliphatic heterocycles. The Morgan fingerprint density at radius 1 is 0.733 bits per heavy atom. The van der Waals surface area contributed by atoms with Crippen molar-refractivity contribution in [1.29, 1.82) is 0 Å². The summed E-state index contributed by atoms with van der Waals surface area (Å²) in [5, 5.41) is 0. The van der Waals surface area contributed by atoms with Crippen molar-refractivity contribution < 1.29 is 4.74 Å². The fourth-order valence-corrected chi connectivity index (χ4v) is 3.51. The van der Waals surface area contributed by atoms with Gasteiger partial charge in [0, 0.05) is 22.3 Å². The summed E-state index contributed by atoms with van der Waals surface area (Å²) in [5.41, 5.74) is 7.93. The highest BCUT2D eigenvalue weighted by Crippen LogP contribution is 2.30. The first kappa shape index (κ1) is 19.6. The molecule has 0 N–H and O–H groups in total. The van der Waals surface area contributed by atoms with Gasteiger partial charge in [-0.15, -0.1) is 0 Å². The first-order valence-corrected chi connectivity index (χ1v) is 10.3. The molecule has 146 valence electrons. The second-order valence-electron chi connectivity index (χ2n) is 7.48. The Morgan fingerprint density at radius 3 is 2.03 bits per heavy atom. The number of hydrogen-bond donors (Lipinski definition) is 0. The molecule has 0 amide bonds. The van der Waals surface area contributed by atoms with Crippen LogP contribution in [0.2, 0.25) is 0 Å². The normalized spacial score (nSPS) is 12.3. The third-order valence-electron chi connectivity index (χ3n) is 5.24. The average molecular weight is 389 g/mol. The molecule has 0 bridgehead atoms. The number of allylic oxidation sites excluding steroid dienone is 2. The summed E-state index contributed by atoms with van der Waals surface area (Å²) in [4.78, 5) is 0. The molecule has 1 heteroatoms. The van der Waals surface area contributed by atoms with Gasteiger partial charge in [0.2, 0.25) is 0 Å². The second-order valence-corrected chi connectivity index (χ2v) is 7.48. The molecular weight excluding hydrogens is 364 g/mol. The summed E-state index contributed by atoms with van der Waals surface area (Å²) in [5.74, 6) is 14.1. The van der Waals surface area contributed by atoms with E-state index < -0.39 is 0 Å². The molecule has 1 nitrogen and oxygen atoms in total. The number of hydrogen-bond acceptors (Lipinski definition) is 1. The predicted molar refractivity (Wildman–Crippen MR) is 124 cm³/mol. The van der Waals surface area contributed by atoms with Gasteiger partial charge in [0.15, 0.2) is 0 Å². The van der Waals surface area contributed by atoms with Crippen LogP contribution >= 0.6 is 0 Å². The molecule has 1 aliphatic rings. The molecule has 4 rings (SSSR count). The summed E-state index contributed by atoms with van der Waals surface area (Å²) in [7, 11) is 1.67. The molecule has 0 atom stereocenters. The standard InChI is InChI=1S/C29H24O/c1-22-7-9-23(10-8-22)11-12-25-14-18-27(29(21-25)26-5-3-4-6-26)17-13-24-15-19-28(30-2)20-16-24/h5,7-10,14-16,18-21H,3-4,6H2,1-2H3. The topological polar surface area (TPSA) is 9.23 Å². The van der Waals surface area contributed by atoms with Crippen LogP contribution in [-0.4, -0.2) is 7.11 Å². The van der Waals surface area contributed by atoms with E-state index in [4.69, 9.17) is 4.74 Å². The molecule has 0 unspecified atom stereocenters. The lowest BCUT2D eigenvalue weighted by Crippen LogP contribution is -1.90. The van der Waals surface area contributed by atoms with Gasteiger partial charge in [-0.25, -0.2) is 0 Å². The number of methoxy groups -OCH3 is 1. The van der Waals surface area contributed by atoms with Crippen molar-refractivity contribution >= 4 is 5.57 Å². The molecule has 0 heterocycles. The third kappa shape index (κ3) is 4.83. The van der Waals surface area contributed by atoms with Gasteiger partial charge in [0.25, 0.3) is 0 Å². The van der Waals surface area contributed by atoms with Crippen LogP contribution in [0, 0.1) is 30.6 Å². The van der Waals surface area contributed by atoms with Crippen LogP contribution in [-0.2, 0) is 0 Å². The summed E-state index contributed by atoms with van der Waals surface area (Å²) in [6, 6.07) is 22.5. The predicted octanol–water partition coefficient (Wildman–Crippen LogP) is 6.37. The highest BCUT2D eigenvalue weighted by Gasteiger charge is 2.11. The minimum Gasteiger partial charge on any atom is -0.497 e. The van der Waals surface area contributed by atoms with Crippen molar-refractivity contribution in [3.05, 3.63) is 106 Å². The Bertz CT molecular complexity index is 1190. The fraction of sp³-hybridized carbons (Fsp3) is 0.172. The van der Waals surface area contributed by atoms with Crippen molar-refractivity contribution in [2.75, 3.05) is 7.11 Å². The average Bonchev–Trinajstić information content (AvgIpc) is 3.33. The summed E-state index contributed by atoms with van der Waals surface area (Å²) >= 11 is 0. The number of benzene rings is 3. The van der Waals surface area contributed by atoms with Gasteiger partial charge in [0.05, 0.1) is 7.11 Å². The minimum absolute atomic E-state index is 0.842. The fourth-order valence-electron chi connectivity index (χ4n) is 3.51. The first-order chi connectivity index (χ1) is 14.7. The van der Waals surface area contributed by atoms with E-state index in [1.165, 1.54) is 23.1 Å². The van der Waals surface area contributed by atoms with E-state index in [1.54, 1.807) is 7.11 Å². The monoisotopic (exact) mass is 388 g/mol. The van der Waals surface area contributed by atoms with E-state index >= 15 is 0 Å². The number of ether oxygens (including phenoxy) is 1. The van der Waals surface area contributed by atoms with Crippen LogP contribution < -0.4 is 4.74 Å².